The molecule has 1 saturated carbocycles. The maximum Gasteiger partial charge on any atom is 0.191 e. The Bertz CT molecular complexity index is 745. The van der Waals surface area contributed by atoms with Crippen molar-refractivity contribution < 1.29 is 9.47 Å². The summed E-state index contributed by atoms with van der Waals surface area (Å²) in [4.78, 5) is 5.07. The molecule has 29 heavy (non-hydrogen) atoms. The summed E-state index contributed by atoms with van der Waals surface area (Å²) < 4.78 is 11.6. The van der Waals surface area contributed by atoms with E-state index in [2.05, 4.69) is 43.5 Å². The van der Waals surface area contributed by atoms with Gasteiger partial charge in [0.2, 0.25) is 0 Å². The monoisotopic (exact) mass is 419 g/mol. The largest absolute Gasteiger partial charge is 0.381 e. The van der Waals surface area contributed by atoms with Crippen LogP contribution < -0.4 is 10.6 Å². The first-order chi connectivity index (χ1) is 14.0. The van der Waals surface area contributed by atoms with Gasteiger partial charge in [0.25, 0.3) is 0 Å². The smallest absolute Gasteiger partial charge is 0.191 e. The topological polar surface area (TPSA) is 54.9 Å². The summed E-state index contributed by atoms with van der Waals surface area (Å²) in [5.74, 6) is 1.48. The number of nitrogens with one attached hydrogen (secondary N) is 2. The third-order valence-corrected chi connectivity index (χ3v) is 7.50. The van der Waals surface area contributed by atoms with E-state index in [1.54, 1.807) is 0 Å². The highest BCUT2D eigenvalue weighted by Gasteiger charge is 2.59. The third kappa shape index (κ3) is 3.89. The predicted molar refractivity (Wildman–Crippen MR) is 118 cm³/mol. The van der Waals surface area contributed by atoms with Crippen molar-refractivity contribution in [3.8, 4) is 0 Å². The Hall–Kier alpha value is -1.30. The lowest BCUT2D eigenvalue weighted by atomic mass is 9.57. The van der Waals surface area contributed by atoms with Crippen molar-refractivity contribution in [2.24, 2.45) is 16.3 Å². The van der Waals surface area contributed by atoms with Crippen LogP contribution in [0.2, 0.25) is 5.02 Å². The van der Waals surface area contributed by atoms with Gasteiger partial charge >= 0.3 is 0 Å². The highest BCUT2D eigenvalue weighted by atomic mass is 35.5. The second-order valence-corrected chi connectivity index (χ2v) is 9.66. The van der Waals surface area contributed by atoms with Crippen molar-refractivity contribution in [3.05, 3.63) is 34.9 Å². The first-order valence-corrected chi connectivity index (χ1v) is 11.3. The molecule has 3 fully saturated rings. The van der Waals surface area contributed by atoms with Gasteiger partial charge in [0.05, 0.1) is 12.6 Å². The van der Waals surface area contributed by atoms with E-state index in [0.717, 1.165) is 56.6 Å². The van der Waals surface area contributed by atoms with Crippen LogP contribution in [-0.2, 0) is 14.9 Å². The van der Waals surface area contributed by atoms with E-state index >= 15 is 0 Å². The minimum absolute atomic E-state index is 0.0763. The van der Waals surface area contributed by atoms with Crippen molar-refractivity contribution in [1.82, 2.24) is 10.6 Å². The Kier molecular flexibility index (Phi) is 6.10. The van der Waals surface area contributed by atoms with Crippen LogP contribution in [-0.4, -0.2) is 51.0 Å². The summed E-state index contributed by atoms with van der Waals surface area (Å²) in [6.07, 6.45) is 3.37. The van der Waals surface area contributed by atoms with Crippen LogP contribution in [0.15, 0.2) is 29.3 Å². The van der Waals surface area contributed by atoms with Crippen LogP contribution in [0.3, 0.4) is 0 Å². The normalized spacial score (nSPS) is 30.3. The Labute approximate surface area is 179 Å². The van der Waals surface area contributed by atoms with Crippen LogP contribution in [0.5, 0.6) is 0 Å². The van der Waals surface area contributed by atoms with E-state index in [-0.39, 0.29) is 10.8 Å². The zero-order chi connectivity index (χ0) is 20.5. The summed E-state index contributed by atoms with van der Waals surface area (Å²) in [5.41, 5.74) is 1.24. The molecule has 0 aromatic heterocycles. The lowest BCUT2D eigenvalue weighted by Gasteiger charge is -2.55. The highest BCUT2D eigenvalue weighted by Crippen LogP contribution is 2.52. The number of halogens is 1. The standard InChI is InChI=1S/C23H34ClN3O2/c1-4-25-21(27-19-16-9-12-29-20(16)22(19,2)3)26-15-23(10-13-28-14-11-23)17-7-5-6-8-18(17)24/h5-8,16,19-20H,4,9-15H2,1-3H3,(H2,25,26,27). The molecule has 1 aliphatic carbocycles. The number of hydrogen-bond acceptors (Lipinski definition) is 3. The van der Waals surface area contributed by atoms with Gasteiger partial charge < -0.3 is 20.1 Å². The molecule has 1 aromatic rings. The van der Waals surface area contributed by atoms with Gasteiger partial charge in [-0.25, -0.2) is 0 Å². The van der Waals surface area contributed by atoms with Crippen molar-refractivity contribution >= 4 is 17.6 Å². The Morgan fingerprint density at radius 3 is 2.69 bits per heavy atom. The van der Waals surface area contributed by atoms with E-state index in [9.17, 15) is 0 Å². The van der Waals surface area contributed by atoms with Crippen molar-refractivity contribution in [2.45, 2.75) is 57.6 Å². The van der Waals surface area contributed by atoms with Gasteiger partial charge in [0.1, 0.15) is 0 Å². The van der Waals surface area contributed by atoms with E-state index in [1.807, 2.05) is 12.1 Å². The summed E-state index contributed by atoms with van der Waals surface area (Å²) in [6.45, 7) is 10.6. The van der Waals surface area contributed by atoms with Gasteiger partial charge in [-0.1, -0.05) is 43.6 Å². The fourth-order valence-corrected chi connectivity index (χ4v) is 5.82. The molecule has 160 valence electrons. The number of nitrogens with zero attached hydrogens (tertiary/aromatic N) is 1. The van der Waals surface area contributed by atoms with Gasteiger partial charge in [0.15, 0.2) is 5.96 Å². The second-order valence-electron chi connectivity index (χ2n) is 9.26. The molecule has 0 bridgehead atoms. The van der Waals surface area contributed by atoms with Gasteiger partial charge in [0, 0.05) is 54.2 Å². The first kappa shape index (κ1) is 21.0. The van der Waals surface area contributed by atoms with Crippen molar-refractivity contribution in [1.29, 1.82) is 0 Å². The lowest BCUT2D eigenvalue weighted by Crippen LogP contribution is -2.68. The van der Waals surface area contributed by atoms with Crippen LogP contribution in [0.4, 0.5) is 0 Å². The Balaban J connectivity index is 1.55. The maximum absolute atomic E-state index is 6.60. The molecule has 0 radical (unpaired) electrons. The van der Waals surface area contributed by atoms with Crippen LogP contribution in [0, 0.1) is 11.3 Å². The van der Waals surface area contributed by atoms with Gasteiger partial charge in [-0.2, -0.15) is 0 Å². The minimum atomic E-state index is -0.0763. The fourth-order valence-electron chi connectivity index (χ4n) is 5.48. The lowest BCUT2D eigenvalue weighted by molar-refractivity contribution is -0.106. The molecule has 0 amide bonds. The molecule has 3 atom stereocenters. The van der Waals surface area contributed by atoms with Gasteiger partial charge in [-0.3, -0.25) is 4.99 Å². The number of guanidine groups is 1. The zero-order valence-electron chi connectivity index (χ0n) is 17.8. The van der Waals surface area contributed by atoms with Crippen LogP contribution in [0.25, 0.3) is 0 Å². The van der Waals surface area contributed by atoms with Crippen molar-refractivity contribution in [2.75, 3.05) is 32.9 Å². The molecule has 2 saturated heterocycles. The number of benzene rings is 1. The van der Waals surface area contributed by atoms with Crippen LogP contribution >= 0.6 is 11.6 Å². The van der Waals surface area contributed by atoms with Gasteiger partial charge in [-0.05, 0) is 37.8 Å². The quantitative estimate of drug-likeness (QED) is 0.563. The molecule has 4 rings (SSSR count). The van der Waals surface area contributed by atoms with Crippen LogP contribution in [0.1, 0.15) is 45.6 Å². The van der Waals surface area contributed by atoms with E-state index in [1.165, 1.54) is 5.56 Å². The van der Waals surface area contributed by atoms with E-state index < -0.39 is 0 Å². The molecule has 5 nitrogen and oxygen atoms in total. The van der Waals surface area contributed by atoms with E-state index in [0.29, 0.717) is 24.6 Å². The molecule has 3 aliphatic rings. The number of rotatable bonds is 5. The molecule has 1 aromatic carbocycles. The summed E-state index contributed by atoms with van der Waals surface area (Å²) in [6, 6.07) is 8.59. The highest BCUT2D eigenvalue weighted by molar-refractivity contribution is 6.31. The third-order valence-electron chi connectivity index (χ3n) is 7.17. The molecule has 2 aliphatic heterocycles. The molecule has 6 heteroatoms. The predicted octanol–water partition coefficient (Wildman–Crippen LogP) is 3.76. The average molecular weight is 420 g/mol. The number of aliphatic imine (C=N–C) groups is 1. The zero-order valence-corrected chi connectivity index (χ0v) is 18.6. The van der Waals surface area contributed by atoms with E-state index in [4.69, 9.17) is 26.1 Å². The fraction of sp³-hybridized carbons (Fsp3) is 0.696. The molecule has 0 spiro atoms. The molecule has 2 heterocycles. The number of ether oxygens (including phenoxy) is 2. The number of fused-ring (bicyclic) bond motifs is 1. The maximum atomic E-state index is 6.60. The summed E-state index contributed by atoms with van der Waals surface area (Å²) >= 11 is 6.60. The summed E-state index contributed by atoms with van der Waals surface area (Å²) in [5, 5.41) is 8.02. The second kappa shape index (κ2) is 8.44. The Morgan fingerprint density at radius 2 is 1.97 bits per heavy atom. The minimum Gasteiger partial charge on any atom is -0.381 e. The molecule has 2 N–H and O–H groups in total. The SMILES string of the molecule is CCNC(=NCC1(c2ccccc2Cl)CCOCC1)NC1C2CCOC2C1(C)C. The Morgan fingerprint density at radius 1 is 1.21 bits per heavy atom. The number of hydrogen-bond donors (Lipinski definition) is 2. The summed E-state index contributed by atoms with van der Waals surface area (Å²) in [7, 11) is 0. The molecule has 3 unspecified atom stereocenters. The molecular formula is C23H34ClN3O2. The average Bonchev–Trinajstić information content (AvgIpc) is 3.18. The molecular weight excluding hydrogens is 386 g/mol. The first-order valence-electron chi connectivity index (χ1n) is 11.0. The van der Waals surface area contributed by atoms with Crippen molar-refractivity contribution in [3.63, 3.8) is 0 Å². The van der Waals surface area contributed by atoms with Gasteiger partial charge in [-0.15, -0.1) is 0 Å².